The summed E-state index contributed by atoms with van der Waals surface area (Å²) >= 11 is 0. The second-order valence-corrected chi connectivity index (χ2v) is 29.6. The van der Waals surface area contributed by atoms with E-state index in [9.17, 15) is 28.8 Å². The SMILES string of the molecule is C.C.C.C.C.C.C.C.C.C.C.C.CCC(C)(C)C(=O)OC(C)c1ccc(-c2ccccc2)cc1.CCC(C)(C)C(=O)OC(C)c1ccc(C)cc1.CCC(C)(C)C(=O)OC(C)c1ccccc1.CCC(C)C(=O)OC(C)c1ccc(-c2ccccc2)cc1.CCC(C)C(=O)OC(C)c1ccc(C)cc1.CCC(C)C(=O)OC(C)c1ccccc1. The minimum absolute atomic E-state index is 0. The van der Waals surface area contributed by atoms with E-state index in [2.05, 4.69) is 48.5 Å². The van der Waals surface area contributed by atoms with Crippen molar-refractivity contribution in [3.8, 4) is 22.3 Å². The average Bonchev–Trinajstić information content (AvgIpc) is 0.850. The van der Waals surface area contributed by atoms with Crippen LogP contribution in [0.1, 0.15) is 354 Å². The fourth-order valence-electron chi connectivity index (χ4n) is 9.45. The van der Waals surface area contributed by atoms with Crippen LogP contribution in [0.15, 0.2) is 218 Å². The quantitative estimate of drug-likeness (QED) is 0.0374. The number of hydrogen-bond acceptors (Lipinski definition) is 12. The van der Waals surface area contributed by atoms with Crippen molar-refractivity contribution < 1.29 is 57.2 Å². The van der Waals surface area contributed by atoms with Gasteiger partial charge in [-0.05, 0) is 191 Å². The highest BCUT2D eigenvalue weighted by Gasteiger charge is 2.31. The summed E-state index contributed by atoms with van der Waals surface area (Å²) in [7, 11) is 0. The van der Waals surface area contributed by atoms with E-state index >= 15 is 0 Å². The van der Waals surface area contributed by atoms with Gasteiger partial charge in [-0.2, -0.15) is 0 Å². The lowest BCUT2D eigenvalue weighted by molar-refractivity contribution is -0.160. The molecule has 0 fully saturated rings. The Labute approximate surface area is 731 Å². The number of aryl methyl sites for hydroxylation is 2. The summed E-state index contributed by atoms with van der Waals surface area (Å²) in [6, 6.07) is 72.6. The van der Waals surface area contributed by atoms with Gasteiger partial charge in [-0.1, -0.05) is 381 Å². The van der Waals surface area contributed by atoms with Crippen LogP contribution < -0.4 is 0 Å². The van der Waals surface area contributed by atoms with Crippen molar-refractivity contribution >= 4 is 35.8 Å². The maximum Gasteiger partial charge on any atom is 0.312 e. The average molecular weight is 1650 g/mol. The van der Waals surface area contributed by atoms with Crippen LogP contribution in [0, 0.1) is 47.8 Å². The van der Waals surface area contributed by atoms with Crippen molar-refractivity contribution in [1.29, 1.82) is 0 Å². The molecule has 9 atom stereocenters. The first-order chi connectivity index (χ1) is 50.6. The lowest BCUT2D eigenvalue weighted by Gasteiger charge is -2.23. The molecule has 8 rings (SSSR count). The number of ether oxygens (including phenoxy) is 6. The van der Waals surface area contributed by atoms with E-state index in [1.807, 2.05) is 329 Å². The molecule has 12 nitrogen and oxygen atoms in total. The molecule has 0 N–H and O–H groups in total. The molecule has 0 saturated heterocycles. The fraction of sp³-hybridized carbons (Fsp3) is 0.495. The Morgan fingerprint density at radius 1 is 0.235 bits per heavy atom. The number of hydrogen-bond donors (Lipinski definition) is 0. The summed E-state index contributed by atoms with van der Waals surface area (Å²) in [6.45, 7) is 44.7. The topological polar surface area (TPSA) is 158 Å². The lowest BCUT2D eigenvalue weighted by atomic mass is 9.90. The molecule has 119 heavy (non-hydrogen) atoms. The van der Waals surface area contributed by atoms with Gasteiger partial charge in [-0.3, -0.25) is 28.8 Å². The van der Waals surface area contributed by atoms with Crippen LogP contribution in [-0.2, 0) is 57.2 Å². The van der Waals surface area contributed by atoms with Crippen LogP contribution in [0.2, 0.25) is 0 Å². The van der Waals surface area contributed by atoms with Gasteiger partial charge in [0.2, 0.25) is 0 Å². The van der Waals surface area contributed by atoms with E-state index < -0.39 is 16.2 Å². The molecule has 0 bridgehead atoms. The van der Waals surface area contributed by atoms with Gasteiger partial charge in [0.25, 0.3) is 0 Å². The Balaban J connectivity index is -0.000000148. The number of esters is 6. The summed E-state index contributed by atoms with van der Waals surface area (Å²) in [5, 5.41) is 0. The Hall–Kier alpha value is -9.42. The zero-order valence-electron chi connectivity index (χ0n) is 68.6. The molecular weight excluding hydrogens is 1480 g/mol. The maximum absolute atomic E-state index is 12.1. The smallest absolute Gasteiger partial charge is 0.312 e. The van der Waals surface area contributed by atoms with Crippen LogP contribution in [0.5, 0.6) is 0 Å². The zero-order chi connectivity index (χ0) is 80.0. The largest absolute Gasteiger partial charge is 0.458 e. The Bertz CT molecular complexity index is 3850. The van der Waals surface area contributed by atoms with Crippen molar-refractivity contribution in [2.45, 2.75) is 324 Å². The summed E-state index contributed by atoms with van der Waals surface area (Å²) in [5.74, 6) is -0.851. The van der Waals surface area contributed by atoms with E-state index in [1.54, 1.807) is 0 Å². The molecule has 0 radical (unpaired) electrons. The standard InChI is InChI=1S/C20H24O2.C19H22O2.C15H22O2.2C14H20O2.C13H18O2.12CH4/c1-5-20(3,4)19(21)22-15(2)16-11-13-18(14-12-16)17-9-7-6-8-10-17;1-4-14(2)19(20)21-15(3)16-10-12-18(13-11-16)17-8-6-5-7-9-17;1-6-15(4,5)14(16)17-12(3)13-9-7-11(2)8-10-13;1-5-11(3)14(15)16-12(4)13-8-6-10(2)7-9-13;1-5-14(3,4)13(15)16-11(2)12-9-7-6-8-10-12;1-4-10(2)13(14)15-11(3)12-8-6-5-7-9-12;;;;;;;;;;;;/h6-15H,5H2,1-4H3;5-15H,4H2,1-3H3;7-10,12H,6H2,1-5H3;6-9,11-12H,5H2,1-4H3;6-11H,5H2,1-4H3;5-11H,4H2,1-3H3;12*1H4. The number of rotatable bonds is 26. The second-order valence-electron chi connectivity index (χ2n) is 29.6. The summed E-state index contributed by atoms with van der Waals surface area (Å²) in [6.07, 6.45) is 3.64. The monoisotopic (exact) mass is 1650 g/mol. The van der Waals surface area contributed by atoms with Crippen LogP contribution in [-0.4, -0.2) is 35.8 Å². The molecule has 0 aromatic heterocycles. The molecule has 0 aliphatic rings. The Morgan fingerprint density at radius 3 is 0.580 bits per heavy atom. The minimum Gasteiger partial charge on any atom is -0.458 e. The molecular formula is C107H174O12. The fourth-order valence-corrected chi connectivity index (χ4v) is 9.45. The van der Waals surface area contributed by atoms with Gasteiger partial charge in [0.15, 0.2) is 0 Å². The number of benzene rings is 8. The van der Waals surface area contributed by atoms with Crippen molar-refractivity contribution in [2.75, 3.05) is 0 Å². The van der Waals surface area contributed by atoms with Gasteiger partial charge >= 0.3 is 35.8 Å². The predicted octanol–water partition coefficient (Wildman–Crippen LogP) is 32.8. The van der Waals surface area contributed by atoms with Crippen LogP contribution in [0.25, 0.3) is 22.3 Å². The van der Waals surface area contributed by atoms with E-state index in [4.69, 9.17) is 28.4 Å². The molecule has 0 spiro atoms. The normalized spacial score (nSPS) is 12.1. The minimum atomic E-state index is -0.432. The number of carbonyl (C=O) groups excluding carboxylic acids is 6. The van der Waals surface area contributed by atoms with Gasteiger partial charge in [0.05, 0.1) is 34.0 Å². The molecule has 8 aromatic rings. The molecule has 0 heterocycles. The Morgan fingerprint density at radius 2 is 0.395 bits per heavy atom. The molecule has 8 aromatic carbocycles. The van der Waals surface area contributed by atoms with Gasteiger partial charge < -0.3 is 28.4 Å². The molecule has 0 saturated carbocycles. The van der Waals surface area contributed by atoms with E-state index in [1.165, 1.54) is 27.8 Å². The Kier molecular flexibility index (Phi) is 72.7. The van der Waals surface area contributed by atoms with Crippen molar-refractivity contribution in [1.82, 2.24) is 0 Å². The summed E-state index contributed by atoms with van der Waals surface area (Å²) < 4.78 is 32.8. The third-order valence-corrected chi connectivity index (χ3v) is 19.7. The first-order valence-corrected chi connectivity index (χ1v) is 38.4. The summed E-state index contributed by atoms with van der Waals surface area (Å²) in [4.78, 5) is 70.9. The van der Waals surface area contributed by atoms with Crippen molar-refractivity contribution in [3.05, 3.63) is 263 Å². The van der Waals surface area contributed by atoms with Crippen molar-refractivity contribution in [3.63, 3.8) is 0 Å². The van der Waals surface area contributed by atoms with Crippen LogP contribution >= 0.6 is 0 Å². The second kappa shape index (κ2) is 66.4. The lowest BCUT2D eigenvalue weighted by Crippen LogP contribution is -2.26. The maximum atomic E-state index is 12.1. The third-order valence-electron chi connectivity index (χ3n) is 19.7. The summed E-state index contributed by atoms with van der Waals surface area (Å²) in [5.41, 5.74) is 12.1. The van der Waals surface area contributed by atoms with E-state index in [-0.39, 0.29) is 179 Å². The highest BCUT2D eigenvalue weighted by atomic mass is 16.6. The molecule has 0 amide bonds. The van der Waals surface area contributed by atoms with E-state index in [0.717, 1.165) is 77.5 Å². The first-order valence-electron chi connectivity index (χ1n) is 38.4. The molecule has 674 valence electrons. The third kappa shape index (κ3) is 46.1. The predicted molar refractivity (Wildman–Crippen MR) is 517 cm³/mol. The van der Waals surface area contributed by atoms with Gasteiger partial charge in [0, 0.05) is 0 Å². The number of carbonyl (C=O) groups is 6. The zero-order valence-corrected chi connectivity index (χ0v) is 68.6. The van der Waals surface area contributed by atoms with Gasteiger partial charge in [-0.15, -0.1) is 0 Å². The first kappa shape index (κ1) is 130. The van der Waals surface area contributed by atoms with Crippen LogP contribution in [0.3, 0.4) is 0 Å². The molecule has 0 aliphatic heterocycles. The van der Waals surface area contributed by atoms with Crippen LogP contribution in [0.4, 0.5) is 0 Å². The van der Waals surface area contributed by atoms with Crippen molar-refractivity contribution in [2.24, 2.45) is 34.0 Å². The molecule has 0 aliphatic carbocycles. The highest BCUT2D eigenvalue weighted by Crippen LogP contribution is 2.32. The molecule has 9 unspecified atom stereocenters. The van der Waals surface area contributed by atoms with Gasteiger partial charge in [0.1, 0.15) is 36.6 Å². The highest BCUT2D eigenvalue weighted by molar-refractivity contribution is 5.78. The van der Waals surface area contributed by atoms with E-state index in [0.29, 0.717) is 0 Å². The van der Waals surface area contributed by atoms with Gasteiger partial charge in [-0.25, -0.2) is 0 Å². The molecule has 12 heteroatoms.